The molecule has 302 valence electrons. The van der Waals surface area contributed by atoms with Crippen molar-refractivity contribution in [2.24, 2.45) is 0 Å². The molecular formula is C44H47ClN6O5S2. The third kappa shape index (κ3) is 9.67. The van der Waals surface area contributed by atoms with E-state index in [2.05, 4.69) is 56.2 Å². The number of nitrogens with zero attached hydrogens (tertiary/aromatic N) is 4. The molecule has 2 aliphatic rings. The summed E-state index contributed by atoms with van der Waals surface area (Å²) in [6.07, 6.45) is 2.91. The molecular weight excluding hydrogens is 792 g/mol. The highest BCUT2D eigenvalue weighted by molar-refractivity contribution is 7.99. The van der Waals surface area contributed by atoms with Crippen molar-refractivity contribution in [2.45, 2.75) is 40.6 Å². The van der Waals surface area contributed by atoms with Gasteiger partial charge in [-0.2, -0.15) is 0 Å². The molecule has 0 aromatic heterocycles. The third-order valence-electron chi connectivity index (χ3n) is 10.9. The van der Waals surface area contributed by atoms with Crippen molar-refractivity contribution in [3.63, 3.8) is 0 Å². The van der Waals surface area contributed by atoms with Crippen LogP contribution in [0.1, 0.15) is 35.2 Å². The van der Waals surface area contributed by atoms with E-state index in [9.17, 15) is 23.3 Å². The van der Waals surface area contributed by atoms with Crippen LogP contribution < -0.4 is 14.9 Å². The molecule has 0 radical (unpaired) electrons. The van der Waals surface area contributed by atoms with Crippen molar-refractivity contribution < 1.29 is 18.1 Å². The van der Waals surface area contributed by atoms with Gasteiger partial charge in [-0.05, 0) is 117 Å². The van der Waals surface area contributed by atoms with Crippen LogP contribution in [0.3, 0.4) is 0 Å². The molecule has 0 bridgehead atoms. The molecule has 1 amide bonds. The average molecular weight is 839 g/mol. The van der Waals surface area contributed by atoms with Crippen LogP contribution in [0, 0.1) is 10.1 Å². The molecule has 7 rings (SSSR count). The second kappa shape index (κ2) is 17.9. The van der Waals surface area contributed by atoms with Gasteiger partial charge in [0, 0.05) is 70.7 Å². The SMILES string of the molecule is CN(C)CC[C@H](CSc1ccccc1)Nc1ccc(S(=O)(=O)NC(=O)c2ccc(N3CCN(C4(c5ccccc5-c5ccc(Cl)cc5)CC4)CC3)cc2)cc1[N+](=O)[O-]. The average Bonchev–Trinajstić information content (AvgIpc) is 4.04. The molecule has 14 heteroatoms. The van der Waals surface area contributed by atoms with Gasteiger partial charge in [-0.25, -0.2) is 13.1 Å². The number of thioether (sulfide) groups is 1. The first-order valence-electron chi connectivity index (χ1n) is 19.3. The van der Waals surface area contributed by atoms with Crippen LogP contribution in [0.25, 0.3) is 11.1 Å². The standard InChI is InChI=1S/C44H47ClN6O5S2/c1-48(2)25-22-35(31-57-37-8-4-3-5-9-37)46-41-21-20-38(30-42(41)51(53)54)58(55,56)47-43(52)33-14-18-36(19-15-33)49-26-28-50(29-27-49)44(23-24-44)40-11-7-6-10-39(40)32-12-16-34(45)17-13-32/h3-21,30,35,46H,22-29,31H2,1-2H3,(H,47,52)/t35-/m1/s1. The lowest BCUT2D eigenvalue weighted by atomic mass is 9.92. The highest BCUT2D eigenvalue weighted by Crippen LogP contribution is 2.54. The first-order valence-corrected chi connectivity index (χ1v) is 22.2. The summed E-state index contributed by atoms with van der Waals surface area (Å²) >= 11 is 7.82. The van der Waals surface area contributed by atoms with Crippen LogP contribution in [0.2, 0.25) is 5.02 Å². The van der Waals surface area contributed by atoms with Crippen molar-refractivity contribution in [1.29, 1.82) is 0 Å². The molecule has 1 saturated heterocycles. The maximum absolute atomic E-state index is 13.4. The summed E-state index contributed by atoms with van der Waals surface area (Å²) in [5.74, 6) is -0.181. The number of rotatable bonds is 16. The second-order valence-corrected chi connectivity index (χ2v) is 18.2. The monoisotopic (exact) mass is 838 g/mol. The fourth-order valence-electron chi connectivity index (χ4n) is 7.60. The normalized spacial score (nSPS) is 15.8. The second-order valence-electron chi connectivity index (χ2n) is 15.0. The molecule has 1 heterocycles. The topological polar surface area (TPSA) is 128 Å². The van der Waals surface area contributed by atoms with Gasteiger partial charge < -0.3 is 15.1 Å². The zero-order valence-corrected chi connectivity index (χ0v) is 34.9. The van der Waals surface area contributed by atoms with Crippen LogP contribution in [0.5, 0.6) is 0 Å². The van der Waals surface area contributed by atoms with Crippen LogP contribution in [0.15, 0.2) is 131 Å². The first kappa shape index (κ1) is 41.2. The van der Waals surface area contributed by atoms with E-state index in [1.165, 1.54) is 23.3 Å². The third-order valence-corrected chi connectivity index (χ3v) is 13.6. The Kier molecular flexibility index (Phi) is 12.7. The maximum atomic E-state index is 13.4. The lowest BCUT2D eigenvalue weighted by molar-refractivity contribution is -0.384. The Morgan fingerprint density at radius 3 is 2.22 bits per heavy atom. The summed E-state index contributed by atoms with van der Waals surface area (Å²) < 4.78 is 28.9. The van der Waals surface area contributed by atoms with Gasteiger partial charge in [0.05, 0.1) is 9.82 Å². The summed E-state index contributed by atoms with van der Waals surface area (Å²) in [4.78, 5) is 32.4. The summed E-state index contributed by atoms with van der Waals surface area (Å²) in [7, 11) is -0.509. The van der Waals surface area contributed by atoms with Crippen LogP contribution in [-0.4, -0.2) is 87.7 Å². The van der Waals surface area contributed by atoms with E-state index in [-0.39, 0.29) is 27.7 Å². The molecule has 1 atom stereocenters. The van der Waals surface area contributed by atoms with E-state index in [0.717, 1.165) is 67.8 Å². The number of nitro groups is 1. The molecule has 1 saturated carbocycles. The largest absolute Gasteiger partial charge is 0.376 e. The Morgan fingerprint density at radius 2 is 1.57 bits per heavy atom. The minimum atomic E-state index is -4.43. The fourth-order valence-corrected chi connectivity index (χ4v) is 9.71. The zero-order valence-electron chi connectivity index (χ0n) is 32.5. The van der Waals surface area contributed by atoms with Crippen molar-refractivity contribution in [1.82, 2.24) is 14.5 Å². The Bertz CT molecular complexity index is 2340. The number of hydrogen-bond donors (Lipinski definition) is 2. The number of amides is 1. The fraction of sp³-hybridized carbons (Fsp3) is 0.295. The van der Waals surface area contributed by atoms with Crippen molar-refractivity contribution in [3.05, 3.63) is 148 Å². The minimum Gasteiger partial charge on any atom is -0.376 e. The molecule has 1 aliphatic heterocycles. The smallest absolute Gasteiger partial charge is 0.293 e. The number of carbonyl (C=O) groups is 1. The van der Waals surface area contributed by atoms with Crippen LogP contribution in [-0.2, 0) is 15.6 Å². The first-order chi connectivity index (χ1) is 27.9. The van der Waals surface area contributed by atoms with Crippen molar-refractivity contribution >= 4 is 56.4 Å². The molecule has 5 aromatic rings. The predicted molar refractivity (Wildman–Crippen MR) is 234 cm³/mol. The van der Waals surface area contributed by atoms with Gasteiger partial charge in [-0.15, -0.1) is 11.8 Å². The number of piperazine rings is 1. The number of carbonyl (C=O) groups excluding carboxylic acids is 1. The Hall–Kier alpha value is -4.92. The molecule has 0 unspecified atom stereocenters. The number of nitro benzene ring substituents is 1. The van der Waals surface area contributed by atoms with E-state index in [0.29, 0.717) is 17.2 Å². The summed E-state index contributed by atoms with van der Waals surface area (Å²) in [5, 5.41) is 16.2. The number of sulfonamides is 1. The highest BCUT2D eigenvalue weighted by Gasteiger charge is 2.51. The van der Waals surface area contributed by atoms with E-state index in [4.69, 9.17) is 11.6 Å². The predicted octanol–water partition coefficient (Wildman–Crippen LogP) is 8.37. The summed E-state index contributed by atoms with van der Waals surface area (Å²) in [6, 6.07) is 36.9. The minimum absolute atomic E-state index is 0.00303. The Labute approximate surface area is 349 Å². The van der Waals surface area contributed by atoms with E-state index < -0.39 is 26.5 Å². The molecule has 11 nitrogen and oxygen atoms in total. The quantitative estimate of drug-likeness (QED) is 0.0569. The molecule has 58 heavy (non-hydrogen) atoms. The number of benzene rings is 5. The lowest BCUT2D eigenvalue weighted by Gasteiger charge is -2.41. The van der Waals surface area contributed by atoms with Gasteiger partial charge in [0.25, 0.3) is 21.6 Å². The number of nitrogens with one attached hydrogen (secondary N) is 2. The van der Waals surface area contributed by atoms with Crippen molar-refractivity contribution in [3.8, 4) is 11.1 Å². The molecule has 5 aromatic carbocycles. The van der Waals surface area contributed by atoms with Crippen molar-refractivity contribution in [2.75, 3.05) is 62.8 Å². The van der Waals surface area contributed by atoms with E-state index in [1.807, 2.05) is 73.6 Å². The molecule has 0 spiro atoms. The van der Waals surface area contributed by atoms with Gasteiger partial charge in [0.2, 0.25) is 0 Å². The number of anilines is 2. The highest BCUT2D eigenvalue weighted by atomic mass is 35.5. The van der Waals surface area contributed by atoms with Gasteiger partial charge >= 0.3 is 0 Å². The number of halogens is 1. The van der Waals surface area contributed by atoms with Crippen LogP contribution in [0.4, 0.5) is 17.1 Å². The van der Waals surface area contributed by atoms with E-state index >= 15 is 0 Å². The summed E-state index contributed by atoms with van der Waals surface area (Å²) in [5.41, 5.74) is 4.65. The van der Waals surface area contributed by atoms with Gasteiger partial charge in [-0.3, -0.25) is 19.8 Å². The Balaban J connectivity index is 0.977. The van der Waals surface area contributed by atoms with Gasteiger partial charge in [-0.1, -0.05) is 66.2 Å². The Morgan fingerprint density at radius 1 is 0.897 bits per heavy atom. The lowest BCUT2D eigenvalue weighted by Crippen LogP contribution is -2.50. The molecule has 1 aliphatic carbocycles. The maximum Gasteiger partial charge on any atom is 0.293 e. The molecule has 2 N–H and O–H groups in total. The van der Waals surface area contributed by atoms with E-state index in [1.54, 1.807) is 23.9 Å². The summed E-state index contributed by atoms with van der Waals surface area (Å²) in [6.45, 7) is 4.10. The van der Waals surface area contributed by atoms with Gasteiger partial charge in [0.15, 0.2) is 0 Å². The zero-order chi connectivity index (χ0) is 40.9. The molecule has 2 fully saturated rings. The number of hydrogen-bond acceptors (Lipinski definition) is 10. The van der Waals surface area contributed by atoms with Gasteiger partial charge in [0.1, 0.15) is 5.69 Å². The van der Waals surface area contributed by atoms with Crippen LogP contribution >= 0.6 is 23.4 Å².